The maximum atomic E-state index is 5.64. The first-order valence-electron chi connectivity index (χ1n) is 5.75. The molecular weight excluding hydrogens is 310 g/mol. The minimum atomic E-state index is 0.394. The first-order valence-corrected chi connectivity index (χ1v) is 6.54. The van der Waals surface area contributed by atoms with Gasteiger partial charge in [0.1, 0.15) is 0 Å². The van der Waals surface area contributed by atoms with Crippen LogP contribution in [0.2, 0.25) is 0 Å². The standard InChI is InChI=1S/C12H10BrN5O/c1-2-18-7-9(13)10(17-18)12-16-15-11(19-12)8-3-5-14-6-4-8/h3-7H,2H2,1H3. The summed E-state index contributed by atoms with van der Waals surface area (Å²) in [6, 6.07) is 3.63. The normalized spacial score (nSPS) is 10.8. The molecule has 0 bridgehead atoms. The minimum absolute atomic E-state index is 0.394. The molecule has 0 saturated heterocycles. The van der Waals surface area contributed by atoms with Gasteiger partial charge < -0.3 is 4.42 Å². The smallest absolute Gasteiger partial charge is 0.269 e. The van der Waals surface area contributed by atoms with E-state index >= 15 is 0 Å². The molecule has 0 radical (unpaired) electrons. The van der Waals surface area contributed by atoms with Crippen LogP contribution in [-0.4, -0.2) is 25.0 Å². The Morgan fingerprint density at radius 1 is 1.21 bits per heavy atom. The summed E-state index contributed by atoms with van der Waals surface area (Å²) in [6.45, 7) is 2.80. The van der Waals surface area contributed by atoms with Gasteiger partial charge in [-0.05, 0) is 35.0 Å². The summed E-state index contributed by atoms with van der Waals surface area (Å²) < 4.78 is 8.27. The van der Waals surface area contributed by atoms with E-state index in [1.54, 1.807) is 17.1 Å². The highest BCUT2D eigenvalue weighted by molar-refractivity contribution is 9.10. The zero-order valence-corrected chi connectivity index (χ0v) is 11.7. The molecule has 3 aromatic rings. The van der Waals surface area contributed by atoms with Crippen molar-refractivity contribution in [2.24, 2.45) is 0 Å². The monoisotopic (exact) mass is 319 g/mol. The molecule has 7 heteroatoms. The molecule has 0 spiro atoms. The fraction of sp³-hybridized carbons (Fsp3) is 0.167. The van der Waals surface area contributed by atoms with Crippen molar-refractivity contribution < 1.29 is 4.42 Å². The first-order chi connectivity index (χ1) is 9.28. The maximum absolute atomic E-state index is 5.64. The quantitative estimate of drug-likeness (QED) is 0.742. The fourth-order valence-electron chi connectivity index (χ4n) is 1.63. The van der Waals surface area contributed by atoms with Gasteiger partial charge in [-0.25, -0.2) is 0 Å². The predicted molar refractivity (Wildman–Crippen MR) is 72.1 cm³/mol. The van der Waals surface area contributed by atoms with Crippen LogP contribution in [0.5, 0.6) is 0 Å². The van der Waals surface area contributed by atoms with Crippen LogP contribution in [0, 0.1) is 0 Å². The van der Waals surface area contributed by atoms with Crippen LogP contribution in [0.3, 0.4) is 0 Å². The third kappa shape index (κ3) is 2.28. The van der Waals surface area contributed by atoms with Crippen molar-refractivity contribution in [2.45, 2.75) is 13.5 Å². The maximum Gasteiger partial charge on any atom is 0.269 e. The third-order valence-electron chi connectivity index (χ3n) is 2.60. The molecule has 0 aliphatic heterocycles. The van der Waals surface area contributed by atoms with Crippen LogP contribution in [0.25, 0.3) is 23.0 Å². The molecule has 6 nitrogen and oxygen atoms in total. The summed E-state index contributed by atoms with van der Waals surface area (Å²) in [7, 11) is 0. The minimum Gasteiger partial charge on any atom is -0.414 e. The van der Waals surface area contributed by atoms with E-state index in [1.165, 1.54) is 0 Å². The second kappa shape index (κ2) is 4.93. The number of pyridine rings is 1. The number of aryl methyl sites for hydroxylation is 1. The van der Waals surface area contributed by atoms with E-state index in [1.807, 2.05) is 25.3 Å². The lowest BCUT2D eigenvalue weighted by Gasteiger charge is -1.92. The Hall–Kier alpha value is -2.02. The Bertz CT molecular complexity index is 691. The Balaban J connectivity index is 1.99. The molecule has 0 fully saturated rings. The Labute approximate surface area is 117 Å². The van der Waals surface area contributed by atoms with E-state index in [0.717, 1.165) is 16.6 Å². The summed E-state index contributed by atoms with van der Waals surface area (Å²) in [4.78, 5) is 3.95. The van der Waals surface area contributed by atoms with Crippen molar-refractivity contribution in [1.29, 1.82) is 0 Å². The Morgan fingerprint density at radius 3 is 2.63 bits per heavy atom. The highest BCUT2D eigenvalue weighted by Crippen LogP contribution is 2.27. The molecule has 3 aromatic heterocycles. The molecule has 0 unspecified atom stereocenters. The van der Waals surface area contributed by atoms with Gasteiger partial charge in [0.05, 0.1) is 4.47 Å². The van der Waals surface area contributed by atoms with Crippen molar-refractivity contribution in [2.75, 3.05) is 0 Å². The van der Waals surface area contributed by atoms with Gasteiger partial charge in [-0.15, -0.1) is 10.2 Å². The van der Waals surface area contributed by atoms with E-state index in [2.05, 4.69) is 36.2 Å². The third-order valence-corrected chi connectivity index (χ3v) is 3.18. The molecule has 0 saturated carbocycles. The summed E-state index contributed by atoms with van der Waals surface area (Å²) in [5.41, 5.74) is 1.48. The van der Waals surface area contributed by atoms with Crippen LogP contribution in [0.15, 0.2) is 39.6 Å². The van der Waals surface area contributed by atoms with Gasteiger partial charge in [0, 0.05) is 30.7 Å². The second-order valence-electron chi connectivity index (χ2n) is 3.83. The van der Waals surface area contributed by atoms with Crippen molar-refractivity contribution in [1.82, 2.24) is 25.0 Å². The van der Waals surface area contributed by atoms with E-state index in [4.69, 9.17) is 4.42 Å². The zero-order chi connectivity index (χ0) is 13.2. The van der Waals surface area contributed by atoms with Gasteiger partial charge in [-0.3, -0.25) is 9.67 Å². The predicted octanol–water partition coefficient (Wildman–Crippen LogP) is 2.78. The van der Waals surface area contributed by atoms with Gasteiger partial charge in [0.15, 0.2) is 5.69 Å². The van der Waals surface area contributed by atoms with Crippen molar-refractivity contribution in [3.05, 3.63) is 35.2 Å². The summed E-state index contributed by atoms with van der Waals surface area (Å²) in [6.07, 6.45) is 5.24. The van der Waals surface area contributed by atoms with E-state index < -0.39 is 0 Å². The van der Waals surface area contributed by atoms with Crippen LogP contribution in [0.4, 0.5) is 0 Å². The van der Waals surface area contributed by atoms with Gasteiger partial charge in [0.2, 0.25) is 5.89 Å². The largest absolute Gasteiger partial charge is 0.414 e. The molecule has 0 amide bonds. The van der Waals surface area contributed by atoms with Crippen LogP contribution in [0.1, 0.15) is 6.92 Å². The molecule has 3 rings (SSSR count). The summed E-state index contributed by atoms with van der Waals surface area (Å²) in [5.74, 6) is 0.848. The molecule has 19 heavy (non-hydrogen) atoms. The molecule has 0 N–H and O–H groups in total. The highest BCUT2D eigenvalue weighted by atomic mass is 79.9. The Morgan fingerprint density at radius 2 is 1.95 bits per heavy atom. The zero-order valence-electron chi connectivity index (χ0n) is 10.1. The number of rotatable bonds is 3. The lowest BCUT2D eigenvalue weighted by Crippen LogP contribution is -1.93. The molecule has 0 aliphatic rings. The molecular formula is C12H10BrN5O. The van der Waals surface area contributed by atoms with Crippen molar-refractivity contribution in [3.63, 3.8) is 0 Å². The highest BCUT2D eigenvalue weighted by Gasteiger charge is 2.16. The lowest BCUT2D eigenvalue weighted by molar-refractivity contribution is 0.576. The van der Waals surface area contributed by atoms with Gasteiger partial charge in [0.25, 0.3) is 5.89 Å². The summed E-state index contributed by atoms with van der Waals surface area (Å²) >= 11 is 3.44. The lowest BCUT2D eigenvalue weighted by atomic mass is 10.3. The fourth-order valence-corrected chi connectivity index (χ4v) is 2.12. The van der Waals surface area contributed by atoms with E-state index in [9.17, 15) is 0 Å². The average molecular weight is 320 g/mol. The van der Waals surface area contributed by atoms with E-state index in [0.29, 0.717) is 17.5 Å². The summed E-state index contributed by atoms with van der Waals surface area (Å²) in [5, 5.41) is 12.4. The van der Waals surface area contributed by atoms with Gasteiger partial charge in [-0.2, -0.15) is 5.10 Å². The molecule has 0 aliphatic carbocycles. The van der Waals surface area contributed by atoms with Crippen molar-refractivity contribution >= 4 is 15.9 Å². The van der Waals surface area contributed by atoms with Crippen LogP contribution in [-0.2, 0) is 6.54 Å². The van der Waals surface area contributed by atoms with Crippen molar-refractivity contribution in [3.8, 4) is 23.0 Å². The van der Waals surface area contributed by atoms with Gasteiger partial charge >= 0.3 is 0 Å². The first kappa shape index (κ1) is 12.0. The number of aromatic nitrogens is 5. The van der Waals surface area contributed by atoms with Crippen LogP contribution >= 0.6 is 15.9 Å². The number of hydrogen-bond acceptors (Lipinski definition) is 5. The topological polar surface area (TPSA) is 69.6 Å². The number of hydrogen-bond donors (Lipinski definition) is 0. The average Bonchev–Trinajstić information content (AvgIpc) is 3.06. The number of halogens is 1. The second-order valence-corrected chi connectivity index (χ2v) is 4.68. The Kier molecular flexibility index (Phi) is 3.12. The molecule has 0 atom stereocenters. The van der Waals surface area contributed by atoms with Crippen LogP contribution < -0.4 is 0 Å². The van der Waals surface area contributed by atoms with Gasteiger partial charge in [-0.1, -0.05) is 0 Å². The molecule has 0 aromatic carbocycles. The van der Waals surface area contributed by atoms with E-state index in [-0.39, 0.29) is 0 Å². The molecule has 3 heterocycles. The SMILES string of the molecule is CCn1cc(Br)c(-c2nnc(-c3ccncc3)o2)n1. The number of nitrogens with zero attached hydrogens (tertiary/aromatic N) is 5. The molecule has 96 valence electrons.